The van der Waals surface area contributed by atoms with Gasteiger partial charge >= 0.3 is 0 Å². The molecule has 0 aliphatic carbocycles. The first kappa shape index (κ1) is 18.8. The molecule has 1 fully saturated rings. The Bertz CT molecular complexity index is 750. The molecule has 0 saturated carbocycles. The largest absolute Gasteiger partial charge is 0.342 e. The number of carbonyl (C=O) groups is 1. The normalized spacial score (nSPS) is 17.8. The molecule has 6 nitrogen and oxygen atoms in total. The summed E-state index contributed by atoms with van der Waals surface area (Å²) in [6.07, 6.45) is 4.66. The van der Waals surface area contributed by atoms with E-state index in [2.05, 4.69) is 43.9 Å². The number of nitrogens with zero attached hydrogens (tertiary/aromatic N) is 5. The maximum atomic E-state index is 12.7. The topological polar surface area (TPSA) is 54.3 Å². The van der Waals surface area contributed by atoms with Gasteiger partial charge in [-0.3, -0.25) is 4.79 Å². The third-order valence-corrected chi connectivity index (χ3v) is 5.52. The third-order valence-electron chi connectivity index (χ3n) is 5.52. The molecule has 1 saturated heterocycles. The predicted octanol–water partition coefficient (Wildman–Crippen LogP) is 2.75. The highest BCUT2D eigenvalue weighted by molar-refractivity contribution is 5.81. The van der Waals surface area contributed by atoms with Crippen LogP contribution in [0.25, 0.3) is 11.0 Å². The molecule has 0 N–H and O–H groups in total. The van der Waals surface area contributed by atoms with E-state index in [0.29, 0.717) is 11.8 Å². The molecule has 2 aromatic rings. The van der Waals surface area contributed by atoms with Crippen molar-refractivity contribution in [1.29, 1.82) is 0 Å². The number of carbonyl (C=O) groups excluding carboxylic acids is 1. The summed E-state index contributed by atoms with van der Waals surface area (Å²) in [6.45, 7) is 7.58. The van der Waals surface area contributed by atoms with Crippen molar-refractivity contribution in [2.75, 3.05) is 33.7 Å². The zero-order valence-electron chi connectivity index (χ0n) is 16.5. The van der Waals surface area contributed by atoms with Crippen molar-refractivity contribution in [2.24, 2.45) is 5.92 Å². The first-order valence-electron chi connectivity index (χ1n) is 9.80. The summed E-state index contributed by atoms with van der Waals surface area (Å²) in [5.74, 6) is 0.775. The second-order valence-corrected chi connectivity index (χ2v) is 7.57. The monoisotopic (exact) mass is 357 g/mol. The Morgan fingerprint density at radius 1 is 1.35 bits per heavy atom. The van der Waals surface area contributed by atoms with Crippen molar-refractivity contribution in [2.45, 2.75) is 45.6 Å². The van der Waals surface area contributed by atoms with Crippen LogP contribution in [-0.4, -0.2) is 64.2 Å². The van der Waals surface area contributed by atoms with Crippen molar-refractivity contribution < 1.29 is 4.79 Å². The average molecular weight is 358 g/mol. The predicted molar refractivity (Wildman–Crippen MR) is 104 cm³/mol. The molecule has 1 aliphatic rings. The van der Waals surface area contributed by atoms with Gasteiger partial charge in [-0.15, -0.1) is 0 Å². The molecule has 6 heteroatoms. The fraction of sp³-hybridized carbons (Fsp3) is 0.650. The Balaban J connectivity index is 1.81. The van der Waals surface area contributed by atoms with E-state index >= 15 is 0 Å². The Hall–Kier alpha value is -1.95. The van der Waals surface area contributed by atoms with E-state index in [0.717, 1.165) is 62.2 Å². The first-order valence-corrected chi connectivity index (χ1v) is 9.80. The molecule has 3 rings (SSSR count). The van der Waals surface area contributed by atoms with Gasteiger partial charge in [-0.1, -0.05) is 13.8 Å². The van der Waals surface area contributed by atoms with Gasteiger partial charge in [-0.05, 0) is 45.5 Å². The van der Waals surface area contributed by atoms with Crippen molar-refractivity contribution in [3.63, 3.8) is 0 Å². The van der Waals surface area contributed by atoms with E-state index in [1.165, 1.54) is 0 Å². The van der Waals surface area contributed by atoms with Gasteiger partial charge in [0.2, 0.25) is 5.91 Å². The molecule has 1 aliphatic heterocycles. The smallest absolute Gasteiger partial charge is 0.225 e. The lowest BCUT2D eigenvalue weighted by molar-refractivity contribution is -0.134. The second-order valence-electron chi connectivity index (χ2n) is 7.57. The molecule has 0 bridgehead atoms. The molecule has 1 amide bonds. The molecular weight excluding hydrogens is 326 g/mol. The molecule has 26 heavy (non-hydrogen) atoms. The quantitative estimate of drug-likeness (QED) is 0.765. The lowest BCUT2D eigenvalue weighted by Crippen LogP contribution is -2.33. The summed E-state index contributed by atoms with van der Waals surface area (Å²) in [5.41, 5.74) is 2.06. The minimum atomic E-state index is 0.157. The van der Waals surface area contributed by atoms with Crippen LogP contribution < -0.4 is 0 Å². The Morgan fingerprint density at radius 3 is 2.81 bits per heavy atom. The average Bonchev–Trinajstić information content (AvgIpc) is 3.26. The van der Waals surface area contributed by atoms with E-state index in [1.54, 1.807) is 0 Å². The number of aromatic nitrogens is 3. The minimum absolute atomic E-state index is 0.157. The van der Waals surface area contributed by atoms with Crippen LogP contribution in [-0.2, 0) is 11.3 Å². The fourth-order valence-corrected chi connectivity index (χ4v) is 3.87. The number of likely N-dealkylation sites (tertiary alicyclic amines) is 1. The van der Waals surface area contributed by atoms with Crippen LogP contribution in [0.1, 0.15) is 44.7 Å². The number of hydrogen-bond donors (Lipinski definition) is 0. The Morgan fingerprint density at radius 2 is 2.12 bits per heavy atom. The summed E-state index contributed by atoms with van der Waals surface area (Å²) in [6, 6.07) is 4.09. The van der Waals surface area contributed by atoms with Gasteiger partial charge in [0.1, 0.15) is 0 Å². The van der Waals surface area contributed by atoms with Gasteiger partial charge in [-0.2, -0.15) is 5.10 Å². The summed E-state index contributed by atoms with van der Waals surface area (Å²) in [4.78, 5) is 21.5. The molecule has 0 radical (unpaired) electrons. The molecule has 1 unspecified atom stereocenters. The lowest BCUT2D eigenvalue weighted by atomic mass is 10.0. The number of hydrogen-bond acceptors (Lipinski definition) is 4. The summed E-state index contributed by atoms with van der Waals surface area (Å²) < 4.78 is 2.02. The van der Waals surface area contributed by atoms with Gasteiger partial charge in [0.15, 0.2) is 5.65 Å². The highest BCUT2D eigenvalue weighted by Crippen LogP contribution is 2.32. The van der Waals surface area contributed by atoms with Crippen molar-refractivity contribution in [3.05, 3.63) is 24.0 Å². The minimum Gasteiger partial charge on any atom is -0.342 e. The number of amides is 1. The van der Waals surface area contributed by atoms with Crippen LogP contribution in [0.2, 0.25) is 0 Å². The summed E-state index contributed by atoms with van der Waals surface area (Å²) >= 11 is 0. The van der Waals surface area contributed by atoms with E-state index in [4.69, 9.17) is 5.10 Å². The Kier molecular flexibility index (Phi) is 5.91. The van der Waals surface area contributed by atoms with E-state index in [9.17, 15) is 4.79 Å². The van der Waals surface area contributed by atoms with Crippen LogP contribution in [0, 0.1) is 5.92 Å². The fourth-order valence-electron chi connectivity index (χ4n) is 3.87. The van der Waals surface area contributed by atoms with E-state index in [1.807, 2.05) is 21.8 Å². The molecule has 2 aromatic heterocycles. The first-order chi connectivity index (χ1) is 12.5. The number of pyridine rings is 1. The molecule has 0 spiro atoms. The van der Waals surface area contributed by atoms with Gasteiger partial charge in [0.25, 0.3) is 0 Å². The maximum Gasteiger partial charge on any atom is 0.225 e. The highest BCUT2D eigenvalue weighted by Gasteiger charge is 2.32. The van der Waals surface area contributed by atoms with Crippen molar-refractivity contribution >= 4 is 16.9 Å². The van der Waals surface area contributed by atoms with Crippen LogP contribution >= 0.6 is 0 Å². The zero-order valence-corrected chi connectivity index (χ0v) is 16.5. The van der Waals surface area contributed by atoms with Crippen LogP contribution in [0.15, 0.2) is 18.3 Å². The molecule has 1 atom stereocenters. The molecular formula is C20H31N5O. The highest BCUT2D eigenvalue weighted by atomic mass is 16.2. The number of rotatable bonds is 7. The van der Waals surface area contributed by atoms with Gasteiger partial charge in [-0.25, -0.2) is 9.67 Å². The third kappa shape index (κ3) is 3.75. The van der Waals surface area contributed by atoms with Crippen molar-refractivity contribution in [1.82, 2.24) is 24.6 Å². The Labute approximate surface area is 156 Å². The van der Waals surface area contributed by atoms with Gasteiger partial charge in [0.05, 0.1) is 12.2 Å². The molecule has 0 aromatic carbocycles. The molecule has 142 valence electrons. The van der Waals surface area contributed by atoms with Crippen LogP contribution in [0.4, 0.5) is 0 Å². The second kappa shape index (κ2) is 8.16. The standard InChI is InChI=1S/C20H31N5O/c1-5-15(6-2)20(26)24-11-9-16(14-24)18-17-8-7-10-21-19(17)25(22-18)13-12-23(3)4/h7-8,10,15-16H,5-6,9,11-14H2,1-4H3. The molecule has 3 heterocycles. The van der Waals surface area contributed by atoms with E-state index in [-0.39, 0.29) is 5.92 Å². The summed E-state index contributed by atoms with van der Waals surface area (Å²) in [5, 5.41) is 6.04. The lowest BCUT2D eigenvalue weighted by Gasteiger charge is -2.21. The van der Waals surface area contributed by atoms with Gasteiger partial charge < -0.3 is 9.80 Å². The van der Waals surface area contributed by atoms with Gasteiger partial charge in [0, 0.05) is 43.1 Å². The number of fused-ring (bicyclic) bond motifs is 1. The SMILES string of the molecule is CCC(CC)C(=O)N1CCC(c2nn(CCN(C)C)c3ncccc23)C1. The van der Waals surface area contributed by atoms with Crippen molar-refractivity contribution in [3.8, 4) is 0 Å². The maximum absolute atomic E-state index is 12.7. The zero-order chi connectivity index (χ0) is 18.7. The number of likely N-dealkylation sites (N-methyl/N-ethyl adjacent to an activating group) is 1. The van der Waals surface area contributed by atoms with Crippen LogP contribution in [0.3, 0.4) is 0 Å². The summed E-state index contributed by atoms with van der Waals surface area (Å²) in [7, 11) is 4.14. The van der Waals surface area contributed by atoms with Crippen LogP contribution in [0.5, 0.6) is 0 Å². The van der Waals surface area contributed by atoms with E-state index < -0.39 is 0 Å².